The van der Waals surface area contributed by atoms with Crippen LogP contribution < -0.4 is 4.72 Å². The van der Waals surface area contributed by atoms with Gasteiger partial charge in [0.2, 0.25) is 10.0 Å². The van der Waals surface area contributed by atoms with E-state index < -0.39 is 20.6 Å². The summed E-state index contributed by atoms with van der Waals surface area (Å²) in [6.07, 6.45) is 0.521. The summed E-state index contributed by atoms with van der Waals surface area (Å²) in [4.78, 5) is 9.93. The molecule has 0 saturated carbocycles. The van der Waals surface area contributed by atoms with Crippen LogP contribution in [-0.4, -0.2) is 33.1 Å². The summed E-state index contributed by atoms with van der Waals surface area (Å²) in [5.41, 5.74) is -0.401. The number of halogens is 1. The zero-order valence-electron chi connectivity index (χ0n) is 11.7. The second-order valence-electron chi connectivity index (χ2n) is 4.70. The molecule has 0 aliphatic rings. The molecule has 1 aromatic rings. The maximum absolute atomic E-state index is 11.9. The van der Waals surface area contributed by atoms with Gasteiger partial charge in [0.15, 0.2) is 4.34 Å². The van der Waals surface area contributed by atoms with Crippen molar-refractivity contribution in [1.29, 1.82) is 0 Å². The van der Waals surface area contributed by atoms with Crippen molar-refractivity contribution >= 4 is 38.6 Å². The molecular weight excluding hydrogens is 340 g/mol. The summed E-state index contributed by atoms with van der Waals surface area (Å²) < 4.78 is 31.3. The van der Waals surface area contributed by atoms with Crippen molar-refractivity contribution in [2.45, 2.75) is 24.5 Å². The lowest BCUT2D eigenvalue weighted by molar-refractivity contribution is -0.384. The third-order valence-electron chi connectivity index (χ3n) is 2.32. The molecule has 7 nitrogen and oxygen atoms in total. The van der Waals surface area contributed by atoms with Gasteiger partial charge in [0.25, 0.3) is 5.69 Å². The number of nitro groups is 1. The van der Waals surface area contributed by atoms with Gasteiger partial charge in [-0.2, -0.15) is 0 Å². The standard InChI is InChI=1S/C11H17ClN2O5S2/c1-8(2)7-19-5-3-4-13-21(17,18)10-6-9(14(15)16)11(12)20-10/h6,8,13H,3-5,7H2,1-2H3. The molecule has 10 heteroatoms. The highest BCUT2D eigenvalue weighted by Crippen LogP contribution is 2.35. The van der Waals surface area contributed by atoms with E-state index in [2.05, 4.69) is 4.72 Å². The lowest BCUT2D eigenvalue weighted by atomic mass is 10.2. The van der Waals surface area contributed by atoms with E-state index >= 15 is 0 Å². The Labute approximate surface area is 132 Å². The van der Waals surface area contributed by atoms with Crippen LogP contribution >= 0.6 is 22.9 Å². The SMILES string of the molecule is CC(C)COCCCNS(=O)(=O)c1cc([N+](=O)[O-])c(Cl)s1. The smallest absolute Gasteiger partial charge is 0.300 e. The Kier molecular flexibility index (Phi) is 7.01. The largest absolute Gasteiger partial charge is 0.381 e. The molecule has 0 fully saturated rings. The average molecular weight is 357 g/mol. The van der Waals surface area contributed by atoms with Crippen LogP contribution in [0.3, 0.4) is 0 Å². The van der Waals surface area contributed by atoms with Gasteiger partial charge in [-0.05, 0) is 12.3 Å². The molecular formula is C11H17ClN2O5S2. The topological polar surface area (TPSA) is 98.5 Å². The van der Waals surface area contributed by atoms with Gasteiger partial charge in [-0.1, -0.05) is 25.4 Å². The van der Waals surface area contributed by atoms with E-state index in [0.29, 0.717) is 36.9 Å². The molecule has 1 rings (SSSR count). The minimum absolute atomic E-state index is 0.152. The van der Waals surface area contributed by atoms with Gasteiger partial charge in [0.05, 0.1) is 4.92 Å². The minimum atomic E-state index is -3.77. The van der Waals surface area contributed by atoms with Gasteiger partial charge in [-0.25, -0.2) is 13.1 Å². The number of hydrogen-bond donors (Lipinski definition) is 1. The van der Waals surface area contributed by atoms with Crippen LogP contribution in [0.4, 0.5) is 5.69 Å². The molecule has 1 heterocycles. The fourth-order valence-corrected chi connectivity index (χ4v) is 4.15. The van der Waals surface area contributed by atoms with Crippen LogP contribution in [0, 0.1) is 16.0 Å². The molecule has 120 valence electrons. The number of ether oxygens (including phenoxy) is 1. The zero-order valence-corrected chi connectivity index (χ0v) is 14.1. The van der Waals surface area contributed by atoms with E-state index in [9.17, 15) is 18.5 Å². The maximum Gasteiger partial charge on any atom is 0.300 e. The van der Waals surface area contributed by atoms with Crippen LogP contribution in [-0.2, 0) is 14.8 Å². The first-order chi connectivity index (χ1) is 9.74. The predicted octanol–water partition coefficient (Wildman–Crippen LogP) is 2.65. The molecule has 0 atom stereocenters. The van der Waals surface area contributed by atoms with E-state index in [1.54, 1.807) is 0 Å². The second-order valence-corrected chi connectivity index (χ2v) is 8.35. The van der Waals surface area contributed by atoms with Crippen molar-refractivity contribution in [3.63, 3.8) is 0 Å². The van der Waals surface area contributed by atoms with E-state index in [1.165, 1.54) is 0 Å². The lowest BCUT2D eigenvalue weighted by Crippen LogP contribution is -2.25. The van der Waals surface area contributed by atoms with Crippen LogP contribution in [0.2, 0.25) is 4.34 Å². The van der Waals surface area contributed by atoms with Crippen LogP contribution in [0.5, 0.6) is 0 Å². The van der Waals surface area contributed by atoms with Gasteiger partial charge in [0.1, 0.15) is 4.21 Å². The Morgan fingerprint density at radius 3 is 2.71 bits per heavy atom. The van der Waals surface area contributed by atoms with Gasteiger partial charge < -0.3 is 4.74 Å². The highest BCUT2D eigenvalue weighted by atomic mass is 35.5. The third kappa shape index (κ3) is 5.87. The summed E-state index contributed by atoms with van der Waals surface area (Å²) in [5, 5.41) is 10.6. The molecule has 0 unspecified atom stereocenters. The zero-order chi connectivity index (χ0) is 16.0. The summed E-state index contributed by atoms with van der Waals surface area (Å²) in [5.74, 6) is 0.426. The summed E-state index contributed by atoms with van der Waals surface area (Å²) in [7, 11) is -3.77. The average Bonchev–Trinajstić information content (AvgIpc) is 2.76. The van der Waals surface area contributed by atoms with E-state index in [-0.39, 0.29) is 15.1 Å². The number of nitrogens with zero attached hydrogens (tertiary/aromatic N) is 1. The summed E-state index contributed by atoms with van der Waals surface area (Å²) >= 11 is 6.31. The van der Waals surface area contributed by atoms with Crippen molar-refractivity contribution in [1.82, 2.24) is 4.72 Å². The number of thiophene rings is 1. The Morgan fingerprint density at radius 1 is 1.52 bits per heavy atom. The Bertz CT molecular complexity index is 585. The van der Waals surface area contributed by atoms with E-state index in [1.807, 2.05) is 13.8 Å². The molecule has 0 saturated heterocycles. The Hall–Kier alpha value is -0.740. The molecule has 0 spiro atoms. The van der Waals surface area contributed by atoms with Crippen LogP contribution in [0.1, 0.15) is 20.3 Å². The van der Waals surface area contributed by atoms with Crippen molar-refractivity contribution in [2.24, 2.45) is 5.92 Å². The first-order valence-corrected chi connectivity index (χ1v) is 8.93. The molecule has 21 heavy (non-hydrogen) atoms. The quantitative estimate of drug-likeness (QED) is 0.416. The molecule has 1 aromatic heterocycles. The maximum atomic E-state index is 11.9. The first kappa shape index (κ1) is 18.3. The van der Waals surface area contributed by atoms with Crippen molar-refractivity contribution in [3.8, 4) is 0 Å². The number of nitrogens with one attached hydrogen (secondary N) is 1. The molecule has 0 amide bonds. The number of hydrogen-bond acceptors (Lipinski definition) is 6. The van der Waals surface area contributed by atoms with Gasteiger partial charge >= 0.3 is 0 Å². The molecule has 0 bridgehead atoms. The molecule has 1 N–H and O–H groups in total. The second kappa shape index (κ2) is 8.04. The van der Waals surface area contributed by atoms with Crippen molar-refractivity contribution in [2.75, 3.05) is 19.8 Å². The predicted molar refractivity (Wildman–Crippen MR) is 81.4 cm³/mol. The summed E-state index contributed by atoms with van der Waals surface area (Å²) in [6, 6.07) is 0.963. The summed E-state index contributed by atoms with van der Waals surface area (Å²) in [6.45, 7) is 5.32. The fourth-order valence-electron chi connectivity index (χ4n) is 1.37. The fraction of sp³-hybridized carbons (Fsp3) is 0.636. The first-order valence-electron chi connectivity index (χ1n) is 6.25. The Morgan fingerprint density at radius 2 is 2.19 bits per heavy atom. The van der Waals surface area contributed by atoms with Crippen LogP contribution in [0.25, 0.3) is 0 Å². The lowest BCUT2D eigenvalue weighted by Gasteiger charge is -2.07. The minimum Gasteiger partial charge on any atom is -0.381 e. The van der Waals surface area contributed by atoms with Gasteiger partial charge in [0, 0.05) is 25.8 Å². The molecule has 0 aliphatic heterocycles. The Balaban J connectivity index is 2.50. The van der Waals surface area contributed by atoms with E-state index in [0.717, 1.165) is 6.07 Å². The van der Waals surface area contributed by atoms with Crippen LogP contribution in [0.15, 0.2) is 10.3 Å². The normalized spacial score (nSPS) is 12.0. The number of rotatable bonds is 9. The number of sulfonamides is 1. The molecule has 0 aromatic carbocycles. The van der Waals surface area contributed by atoms with Gasteiger partial charge in [-0.15, -0.1) is 11.3 Å². The third-order valence-corrected chi connectivity index (χ3v) is 5.59. The highest BCUT2D eigenvalue weighted by molar-refractivity contribution is 7.91. The monoisotopic (exact) mass is 356 g/mol. The van der Waals surface area contributed by atoms with Crippen molar-refractivity contribution in [3.05, 3.63) is 20.5 Å². The van der Waals surface area contributed by atoms with E-state index in [4.69, 9.17) is 16.3 Å². The highest BCUT2D eigenvalue weighted by Gasteiger charge is 2.24. The molecule has 0 radical (unpaired) electrons. The van der Waals surface area contributed by atoms with Crippen molar-refractivity contribution < 1.29 is 18.1 Å². The molecule has 0 aliphatic carbocycles. The van der Waals surface area contributed by atoms with Gasteiger partial charge in [-0.3, -0.25) is 10.1 Å².